The number of amides is 2. The van der Waals surface area contributed by atoms with E-state index in [4.69, 9.17) is 14.9 Å². The summed E-state index contributed by atoms with van der Waals surface area (Å²) in [5.41, 5.74) is 6.35. The third kappa shape index (κ3) is 3.86. The van der Waals surface area contributed by atoms with Gasteiger partial charge in [-0.25, -0.2) is 9.97 Å². The number of nitrogens with two attached hydrogens (primary N) is 1. The monoisotopic (exact) mass is 397 g/mol. The van der Waals surface area contributed by atoms with Gasteiger partial charge < -0.3 is 20.2 Å². The molecule has 0 bridgehead atoms. The molecule has 4 rings (SSSR count). The van der Waals surface area contributed by atoms with Crippen molar-refractivity contribution in [2.75, 3.05) is 13.2 Å². The van der Waals surface area contributed by atoms with Gasteiger partial charge in [0.2, 0.25) is 0 Å². The van der Waals surface area contributed by atoms with E-state index in [0.29, 0.717) is 35.7 Å². The number of nitrogens with zero attached hydrogens (tertiary/aromatic N) is 3. The first-order valence-corrected chi connectivity index (χ1v) is 9.68. The second-order valence-electron chi connectivity index (χ2n) is 7.11. The molecule has 1 aliphatic carbocycles. The van der Waals surface area contributed by atoms with Crippen molar-refractivity contribution in [2.45, 2.75) is 32.3 Å². The third-order valence-corrected chi connectivity index (χ3v) is 5.17. The lowest BCUT2D eigenvalue weighted by Crippen LogP contribution is -2.35. The number of carbonyl (C=O) groups excluding carboxylic acids is 2. The van der Waals surface area contributed by atoms with Gasteiger partial charge >= 0.3 is 0 Å². The van der Waals surface area contributed by atoms with Gasteiger partial charge in [-0.1, -0.05) is 0 Å². The Balaban J connectivity index is 1.52. The molecular weight excluding hydrogens is 374 g/mol. The van der Waals surface area contributed by atoms with Crippen LogP contribution < -0.4 is 11.1 Å². The van der Waals surface area contributed by atoms with Crippen LogP contribution in [0.25, 0.3) is 17.1 Å². The number of furan rings is 1. The van der Waals surface area contributed by atoms with Crippen molar-refractivity contribution in [2.24, 2.45) is 11.7 Å². The minimum atomic E-state index is -0.711. The first-order chi connectivity index (χ1) is 14.1. The van der Waals surface area contributed by atoms with Crippen molar-refractivity contribution in [3.63, 3.8) is 0 Å². The van der Waals surface area contributed by atoms with Crippen molar-refractivity contribution >= 4 is 17.5 Å². The van der Waals surface area contributed by atoms with E-state index in [-0.39, 0.29) is 17.2 Å². The largest absolute Gasteiger partial charge is 0.463 e. The van der Waals surface area contributed by atoms with Crippen LogP contribution >= 0.6 is 0 Å². The minimum absolute atomic E-state index is 0.00360. The van der Waals surface area contributed by atoms with E-state index in [1.807, 2.05) is 6.92 Å². The fourth-order valence-corrected chi connectivity index (χ4v) is 3.63. The summed E-state index contributed by atoms with van der Waals surface area (Å²) in [7, 11) is 0. The zero-order valence-corrected chi connectivity index (χ0v) is 16.1. The maximum atomic E-state index is 12.9. The number of fused-ring (bicyclic) bond motifs is 1. The van der Waals surface area contributed by atoms with E-state index >= 15 is 0 Å². The second kappa shape index (κ2) is 8.04. The van der Waals surface area contributed by atoms with E-state index in [1.165, 1.54) is 17.0 Å². The first kappa shape index (κ1) is 19.1. The molecule has 0 unspecified atom stereocenters. The lowest BCUT2D eigenvalue weighted by Gasteiger charge is -2.34. The first-order valence-electron chi connectivity index (χ1n) is 9.68. The van der Waals surface area contributed by atoms with Gasteiger partial charge in [0, 0.05) is 13.2 Å². The van der Waals surface area contributed by atoms with Crippen molar-refractivity contribution in [3.8, 4) is 11.5 Å². The molecule has 0 radical (unpaired) electrons. The van der Waals surface area contributed by atoms with E-state index < -0.39 is 5.91 Å². The highest BCUT2D eigenvalue weighted by molar-refractivity contribution is 5.99. The molecule has 3 aromatic rings. The SMILES string of the molecule is CCOC1CC(CCNC(=O)c2cc(-c3ccco3)nc3c(C(N)=O)ncn23)C1. The normalized spacial score (nSPS) is 18.5. The summed E-state index contributed by atoms with van der Waals surface area (Å²) in [4.78, 5) is 33.0. The van der Waals surface area contributed by atoms with Crippen LogP contribution in [0.2, 0.25) is 0 Å². The van der Waals surface area contributed by atoms with Crippen LogP contribution in [-0.4, -0.2) is 45.4 Å². The smallest absolute Gasteiger partial charge is 0.271 e. The van der Waals surface area contributed by atoms with Gasteiger partial charge in [0.1, 0.15) is 17.7 Å². The van der Waals surface area contributed by atoms with Gasteiger partial charge in [-0.05, 0) is 50.3 Å². The molecule has 29 heavy (non-hydrogen) atoms. The fraction of sp³-hybridized carbons (Fsp3) is 0.400. The quantitative estimate of drug-likeness (QED) is 0.599. The Morgan fingerprint density at radius 3 is 2.93 bits per heavy atom. The van der Waals surface area contributed by atoms with E-state index in [1.54, 1.807) is 18.2 Å². The minimum Gasteiger partial charge on any atom is -0.463 e. The maximum Gasteiger partial charge on any atom is 0.271 e. The number of ether oxygens (including phenoxy) is 1. The van der Waals surface area contributed by atoms with E-state index in [0.717, 1.165) is 25.9 Å². The highest BCUT2D eigenvalue weighted by atomic mass is 16.5. The van der Waals surface area contributed by atoms with Gasteiger partial charge in [-0.15, -0.1) is 0 Å². The number of imidazole rings is 1. The number of hydrogen-bond acceptors (Lipinski definition) is 6. The maximum absolute atomic E-state index is 12.9. The Labute approximate surface area is 167 Å². The summed E-state index contributed by atoms with van der Waals surface area (Å²) in [6, 6.07) is 5.06. The molecule has 9 heteroatoms. The Bertz CT molecular complexity index is 1020. The topological polar surface area (TPSA) is 125 Å². The Morgan fingerprint density at radius 2 is 2.24 bits per heavy atom. The van der Waals surface area contributed by atoms with E-state index in [9.17, 15) is 9.59 Å². The van der Waals surface area contributed by atoms with Crippen LogP contribution in [0.15, 0.2) is 35.2 Å². The van der Waals surface area contributed by atoms with Gasteiger partial charge in [0.05, 0.1) is 12.4 Å². The van der Waals surface area contributed by atoms with Crippen LogP contribution in [-0.2, 0) is 4.74 Å². The summed E-state index contributed by atoms with van der Waals surface area (Å²) in [6.45, 7) is 3.29. The van der Waals surface area contributed by atoms with Crippen molar-refractivity contribution in [1.82, 2.24) is 19.7 Å². The summed E-state index contributed by atoms with van der Waals surface area (Å²) >= 11 is 0. The molecule has 3 heterocycles. The molecule has 0 aromatic carbocycles. The molecule has 1 fully saturated rings. The molecule has 3 N–H and O–H groups in total. The zero-order chi connectivity index (χ0) is 20.4. The predicted octanol–water partition coefficient (Wildman–Crippen LogP) is 2.02. The lowest BCUT2D eigenvalue weighted by atomic mass is 9.80. The average Bonchev–Trinajstić information content (AvgIpc) is 3.34. The third-order valence-electron chi connectivity index (χ3n) is 5.17. The number of carbonyl (C=O) groups is 2. The van der Waals surface area contributed by atoms with Gasteiger partial charge in [-0.3, -0.25) is 14.0 Å². The van der Waals surface area contributed by atoms with Crippen LogP contribution in [0.1, 0.15) is 47.2 Å². The second-order valence-corrected chi connectivity index (χ2v) is 7.11. The molecule has 152 valence electrons. The van der Waals surface area contributed by atoms with E-state index in [2.05, 4.69) is 15.3 Å². The van der Waals surface area contributed by atoms with Gasteiger partial charge in [-0.2, -0.15) is 0 Å². The molecule has 2 amide bonds. The van der Waals surface area contributed by atoms with Crippen LogP contribution in [0.4, 0.5) is 0 Å². The van der Waals surface area contributed by atoms with Crippen LogP contribution in [0.5, 0.6) is 0 Å². The molecule has 9 nitrogen and oxygen atoms in total. The number of rotatable bonds is 8. The number of primary amides is 1. The van der Waals surface area contributed by atoms with Crippen molar-refractivity contribution < 1.29 is 18.7 Å². The predicted molar refractivity (Wildman–Crippen MR) is 104 cm³/mol. The van der Waals surface area contributed by atoms with Crippen LogP contribution in [0, 0.1) is 5.92 Å². The van der Waals surface area contributed by atoms with Gasteiger partial charge in [0.25, 0.3) is 11.8 Å². The highest BCUT2D eigenvalue weighted by Crippen LogP contribution is 2.32. The molecule has 1 saturated carbocycles. The molecule has 3 aromatic heterocycles. The summed E-state index contributed by atoms with van der Waals surface area (Å²) in [5.74, 6) is 0.0587. The van der Waals surface area contributed by atoms with Crippen molar-refractivity contribution in [1.29, 1.82) is 0 Å². The molecule has 0 aliphatic heterocycles. The van der Waals surface area contributed by atoms with Crippen molar-refractivity contribution in [3.05, 3.63) is 42.2 Å². The van der Waals surface area contributed by atoms with Gasteiger partial charge in [0.15, 0.2) is 17.1 Å². The number of hydrogen-bond donors (Lipinski definition) is 2. The Hall–Kier alpha value is -3.20. The standard InChI is InChI=1S/C20H23N5O4/c1-2-28-13-8-12(9-13)5-6-22-20(27)15-10-14(16-4-3-7-29-16)24-19-17(18(21)26)23-11-25(15)19/h3-4,7,10-13H,2,5-6,8-9H2,1H3,(H2,21,26)(H,22,27). The molecule has 1 aliphatic rings. The molecule has 0 saturated heterocycles. The zero-order valence-electron chi connectivity index (χ0n) is 16.1. The fourth-order valence-electron chi connectivity index (χ4n) is 3.63. The number of nitrogens with one attached hydrogen (secondary N) is 1. The average molecular weight is 397 g/mol. The van der Waals surface area contributed by atoms with Crippen LogP contribution in [0.3, 0.4) is 0 Å². The molecular formula is C20H23N5O4. The molecule has 0 atom stereocenters. The molecule has 0 spiro atoms. The number of aromatic nitrogens is 3. The summed E-state index contributed by atoms with van der Waals surface area (Å²) in [6.07, 6.45) is 6.22. The Morgan fingerprint density at radius 1 is 1.41 bits per heavy atom. The summed E-state index contributed by atoms with van der Waals surface area (Å²) < 4.78 is 12.4. The summed E-state index contributed by atoms with van der Waals surface area (Å²) in [5, 5.41) is 2.95. The highest BCUT2D eigenvalue weighted by Gasteiger charge is 2.29. The lowest BCUT2D eigenvalue weighted by molar-refractivity contribution is -0.0261. The Kier molecular flexibility index (Phi) is 5.30.